The summed E-state index contributed by atoms with van der Waals surface area (Å²) in [5.41, 5.74) is 0. The second kappa shape index (κ2) is 5.16. The molecule has 1 aliphatic heterocycles. The van der Waals surface area contributed by atoms with Crippen LogP contribution >= 0.6 is 0 Å². The molecule has 4 amide bonds. The molecule has 0 unspecified atom stereocenters. The molecule has 0 aromatic carbocycles. The minimum absolute atomic E-state index is 0.0922. The molecular formula is C11H19N3O3. The van der Waals surface area contributed by atoms with Crippen molar-refractivity contribution >= 4 is 17.8 Å². The Labute approximate surface area is 101 Å². The van der Waals surface area contributed by atoms with E-state index in [4.69, 9.17) is 0 Å². The summed E-state index contributed by atoms with van der Waals surface area (Å²) < 4.78 is 0. The Morgan fingerprint density at radius 3 is 2.35 bits per heavy atom. The molecule has 1 aliphatic rings. The van der Waals surface area contributed by atoms with Gasteiger partial charge >= 0.3 is 6.03 Å². The van der Waals surface area contributed by atoms with E-state index in [1.807, 2.05) is 6.92 Å². The van der Waals surface area contributed by atoms with Gasteiger partial charge in [-0.15, -0.1) is 0 Å². The zero-order valence-electron chi connectivity index (χ0n) is 10.8. The monoisotopic (exact) mass is 241 g/mol. The molecule has 0 aromatic heterocycles. The number of likely N-dealkylation sites (N-methyl/N-ethyl adjacent to an activating group) is 1. The number of urea groups is 1. The van der Waals surface area contributed by atoms with Gasteiger partial charge in [0.25, 0.3) is 5.91 Å². The van der Waals surface area contributed by atoms with Crippen molar-refractivity contribution < 1.29 is 14.4 Å². The molecule has 0 aliphatic carbocycles. The minimum Gasteiger partial charge on any atom is -0.331 e. The van der Waals surface area contributed by atoms with E-state index in [0.717, 1.165) is 11.3 Å². The van der Waals surface area contributed by atoms with Gasteiger partial charge < -0.3 is 9.80 Å². The molecular weight excluding hydrogens is 222 g/mol. The van der Waals surface area contributed by atoms with Crippen LogP contribution in [0.5, 0.6) is 0 Å². The number of hydrogen-bond donors (Lipinski definition) is 0. The number of imide groups is 1. The highest BCUT2D eigenvalue weighted by Gasteiger charge is 2.41. The van der Waals surface area contributed by atoms with Crippen molar-refractivity contribution in [2.24, 2.45) is 0 Å². The van der Waals surface area contributed by atoms with Crippen LogP contribution in [0.15, 0.2) is 0 Å². The van der Waals surface area contributed by atoms with Gasteiger partial charge in [-0.2, -0.15) is 0 Å². The first kappa shape index (κ1) is 13.5. The van der Waals surface area contributed by atoms with Crippen molar-refractivity contribution in [2.75, 3.05) is 27.7 Å². The molecule has 0 radical (unpaired) electrons. The van der Waals surface area contributed by atoms with Gasteiger partial charge in [-0.25, -0.2) is 4.79 Å². The second-order valence-corrected chi connectivity index (χ2v) is 4.38. The SMILES string of the molecule is CCCN(C(=O)N(C)C)[C@@H]1CC(=O)N(C)C1=O. The molecule has 0 N–H and O–H groups in total. The third-order valence-electron chi connectivity index (χ3n) is 2.83. The average molecular weight is 241 g/mol. The predicted molar refractivity (Wildman–Crippen MR) is 62.3 cm³/mol. The van der Waals surface area contributed by atoms with Crippen LogP contribution in [-0.4, -0.2) is 66.3 Å². The lowest BCUT2D eigenvalue weighted by Crippen LogP contribution is -2.49. The highest BCUT2D eigenvalue weighted by Crippen LogP contribution is 2.18. The lowest BCUT2D eigenvalue weighted by Gasteiger charge is -2.29. The van der Waals surface area contributed by atoms with Gasteiger partial charge in [0, 0.05) is 27.7 Å². The van der Waals surface area contributed by atoms with Crippen LogP contribution in [0.4, 0.5) is 4.79 Å². The van der Waals surface area contributed by atoms with E-state index in [9.17, 15) is 14.4 Å². The summed E-state index contributed by atoms with van der Waals surface area (Å²) in [5, 5.41) is 0. The third kappa shape index (κ3) is 2.57. The summed E-state index contributed by atoms with van der Waals surface area (Å²) in [6, 6.07) is -0.865. The van der Waals surface area contributed by atoms with Crippen molar-refractivity contribution in [3.05, 3.63) is 0 Å². The predicted octanol–water partition coefficient (Wildman–Crippen LogP) is 0.137. The van der Waals surface area contributed by atoms with E-state index in [1.54, 1.807) is 14.1 Å². The lowest BCUT2D eigenvalue weighted by atomic mass is 10.2. The van der Waals surface area contributed by atoms with Crippen molar-refractivity contribution in [3.8, 4) is 0 Å². The van der Waals surface area contributed by atoms with E-state index in [-0.39, 0.29) is 24.3 Å². The topological polar surface area (TPSA) is 60.9 Å². The number of amides is 4. The molecule has 1 fully saturated rings. The normalized spacial score (nSPS) is 19.8. The van der Waals surface area contributed by atoms with Gasteiger partial charge in [0.1, 0.15) is 6.04 Å². The van der Waals surface area contributed by atoms with Crippen LogP contribution in [0.1, 0.15) is 19.8 Å². The van der Waals surface area contributed by atoms with Crippen LogP contribution in [0.2, 0.25) is 0 Å². The fourth-order valence-corrected chi connectivity index (χ4v) is 1.86. The third-order valence-corrected chi connectivity index (χ3v) is 2.83. The van der Waals surface area contributed by atoms with Gasteiger partial charge in [0.05, 0.1) is 6.42 Å². The quantitative estimate of drug-likeness (QED) is 0.660. The second-order valence-electron chi connectivity index (χ2n) is 4.38. The molecule has 0 bridgehead atoms. The highest BCUT2D eigenvalue weighted by atomic mass is 16.2. The first-order valence-electron chi connectivity index (χ1n) is 5.68. The van der Waals surface area contributed by atoms with E-state index < -0.39 is 6.04 Å². The van der Waals surface area contributed by atoms with Crippen molar-refractivity contribution in [1.82, 2.24) is 14.7 Å². The largest absolute Gasteiger partial charge is 0.331 e. The molecule has 17 heavy (non-hydrogen) atoms. The van der Waals surface area contributed by atoms with Crippen molar-refractivity contribution in [3.63, 3.8) is 0 Å². The molecule has 0 spiro atoms. The molecule has 96 valence electrons. The smallest absolute Gasteiger partial charge is 0.320 e. The molecule has 1 rings (SSSR count). The Bertz CT molecular complexity index is 341. The summed E-state index contributed by atoms with van der Waals surface area (Å²) in [7, 11) is 4.72. The molecule has 0 saturated carbocycles. The molecule has 1 heterocycles. The molecule has 6 heteroatoms. The summed E-state index contributed by atoms with van der Waals surface area (Å²) in [4.78, 5) is 39.2. The molecule has 1 atom stereocenters. The number of carbonyl (C=O) groups excluding carboxylic acids is 3. The Kier molecular flexibility index (Phi) is 4.09. The number of carbonyl (C=O) groups is 3. The fourth-order valence-electron chi connectivity index (χ4n) is 1.86. The summed E-state index contributed by atoms with van der Waals surface area (Å²) in [5.74, 6) is -0.522. The first-order chi connectivity index (χ1) is 7.90. The first-order valence-corrected chi connectivity index (χ1v) is 5.68. The summed E-state index contributed by atoms with van der Waals surface area (Å²) in [6.07, 6.45) is 0.843. The fraction of sp³-hybridized carbons (Fsp3) is 0.727. The van der Waals surface area contributed by atoms with Crippen LogP contribution in [0.3, 0.4) is 0 Å². The van der Waals surface area contributed by atoms with Crippen LogP contribution in [0, 0.1) is 0 Å². The van der Waals surface area contributed by atoms with Crippen molar-refractivity contribution in [2.45, 2.75) is 25.8 Å². The lowest BCUT2D eigenvalue weighted by molar-refractivity contribution is -0.137. The number of nitrogens with zero attached hydrogens (tertiary/aromatic N) is 3. The number of hydrogen-bond acceptors (Lipinski definition) is 3. The Morgan fingerprint density at radius 2 is 2.00 bits per heavy atom. The zero-order valence-corrected chi connectivity index (χ0v) is 10.8. The maximum atomic E-state index is 11.9. The number of likely N-dealkylation sites (tertiary alicyclic amines) is 1. The van der Waals surface area contributed by atoms with Gasteiger partial charge in [-0.05, 0) is 6.42 Å². The summed E-state index contributed by atoms with van der Waals surface area (Å²) in [6.45, 7) is 2.41. The average Bonchev–Trinajstić information content (AvgIpc) is 2.53. The molecule has 1 saturated heterocycles. The van der Waals surface area contributed by atoms with Crippen LogP contribution in [0.25, 0.3) is 0 Å². The van der Waals surface area contributed by atoms with Gasteiger partial charge in [-0.3, -0.25) is 14.5 Å². The van der Waals surface area contributed by atoms with Gasteiger partial charge in [0.15, 0.2) is 0 Å². The molecule has 6 nitrogen and oxygen atoms in total. The maximum Gasteiger partial charge on any atom is 0.320 e. The zero-order chi connectivity index (χ0) is 13.2. The van der Waals surface area contributed by atoms with Crippen LogP contribution < -0.4 is 0 Å². The van der Waals surface area contributed by atoms with E-state index >= 15 is 0 Å². The summed E-state index contributed by atoms with van der Waals surface area (Å²) >= 11 is 0. The van der Waals surface area contributed by atoms with E-state index in [2.05, 4.69) is 0 Å². The maximum absolute atomic E-state index is 11.9. The Hall–Kier alpha value is -1.59. The number of rotatable bonds is 3. The van der Waals surface area contributed by atoms with Gasteiger partial charge in [0.2, 0.25) is 5.91 Å². The van der Waals surface area contributed by atoms with E-state index in [1.165, 1.54) is 16.8 Å². The molecule has 0 aromatic rings. The van der Waals surface area contributed by atoms with Crippen molar-refractivity contribution in [1.29, 1.82) is 0 Å². The minimum atomic E-state index is -0.637. The Morgan fingerprint density at radius 1 is 1.41 bits per heavy atom. The standard InChI is InChI=1S/C11H19N3O3/c1-5-6-14(11(17)12(2)3)8-7-9(15)13(4)10(8)16/h8H,5-7H2,1-4H3/t8-/m1/s1. The van der Waals surface area contributed by atoms with E-state index in [0.29, 0.717) is 6.54 Å². The van der Waals surface area contributed by atoms with Gasteiger partial charge in [-0.1, -0.05) is 6.92 Å². The Balaban J connectivity index is 2.89. The van der Waals surface area contributed by atoms with Crippen LogP contribution in [-0.2, 0) is 9.59 Å². The highest BCUT2D eigenvalue weighted by molar-refractivity contribution is 6.06.